The summed E-state index contributed by atoms with van der Waals surface area (Å²) in [6.07, 6.45) is 3.11. The van der Waals surface area contributed by atoms with Gasteiger partial charge in [-0.25, -0.2) is 0 Å². The number of carbonyl (C=O) groups excluding carboxylic acids is 2. The van der Waals surface area contributed by atoms with E-state index in [4.69, 9.17) is 8.83 Å². The van der Waals surface area contributed by atoms with Gasteiger partial charge in [-0.05, 0) is 54.6 Å². The molecule has 0 saturated carbocycles. The summed E-state index contributed by atoms with van der Waals surface area (Å²) in [6, 6.07) is 30.7. The van der Waals surface area contributed by atoms with Crippen LogP contribution in [0.2, 0.25) is 0 Å². The van der Waals surface area contributed by atoms with Crippen LogP contribution in [0, 0.1) is 0 Å². The van der Waals surface area contributed by atoms with Gasteiger partial charge in [0.15, 0.2) is 5.76 Å². The summed E-state index contributed by atoms with van der Waals surface area (Å²) in [4.78, 5) is 29.4. The first kappa shape index (κ1) is 24.3. The van der Waals surface area contributed by atoms with Gasteiger partial charge in [0.1, 0.15) is 17.1 Å². The number of amides is 2. The number of hydrogen-bond donors (Lipinski definition) is 1. The first-order chi connectivity index (χ1) is 19.1. The average Bonchev–Trinajstić information content (AvgIpc) is 3.64. The molecular formula is C32H27N3O4. The predicted octanol–water partition coefficient (Wildman–Crippen LogP) is 6.31. The summed E-state index contributed by atoms with van der Waals surface area (Å²) < 4.78 is 11.6. The molecule has 7 heteroatoms. The third-order valence-electron chi connectivity index (χ3n) is 6.79. The lowest BCUT2D eigenvalue weighted by Crippen LogP contribution is -2.48. The van der Waals surface area contributed by atoms with Crippen molar-refractivity contribution in [1.29, 1.82) is 0 Å². The van der Waals surface area contributed by atoms with E-state index in [0.29, 0.717) is 43.4 Å². The molecule has 5 aromatic rings. The molecule has 0 bridgehead atoms. The van der Waals surface area contributed by atoms with Gasteiger partial charge >= 0.3 is 0 Å². The number of rotatable bonds is 6. The predicted molar refractivity (Wildman–Crippen MR) is 153 cm³/mol. The molecule has 194 valence electrons. The molecular weight excluding hydrogens is 490 g/mol. The SMILES string of the molecule is O=C(/C=C/c1ccc(-c2ccccc2)o1)Nc1ccc(N2CCN(C(=O)c3cc4ccccc4o3)CC2)cc1. The normalized spacial score (nSPS) is 13.7. The summed E-state index contributed by atoms with van der Waals surface area (Å²) in [5.41, 5.74) is 3.46. The molecule has 1 aliphatic rings. The Balaban J connectivity index is 1.01. The van der Waals surface area contributed by atoms with Crippen molar-refractivity contribution in [1.82, 2.24) is 4.90 Å². The second-order valence-electron chi connectivity index (χ2n) is 9.37. The summed E-state index contributed by atoms with van der Waals surface area (Å²) in [5.74, 6) is 1.42. The molecule has 1 N–H and O–H groups in total. The molecule has 0 aliphatic carbocycles. The van der Waals surface area contributed by atoms with Crippen LogP contribution in [-0.2, 0) is 4.79 Å². The summed E-state index contributed by atoms with van der Waals surface area (Å²) >= 11 is 0. The molecule has 39 heavy (non-hydrogen) atoms. The van der Waals surface area contributed by atoms with Crippen LogP contribution in [0.3, 0.4) is 0 Å². The van der Waals surface area contributed by atoms with Gasteiger partial charge in [0.05, 0.1) is 0 Å². The molecule has 0 unspecified atom stereocenters. The first-order valence-electron chi connectivity index (χ1n) is 12.9. The Morgan fingerprint density at radius 2 is 1.51 bits per heavy atom. The molecule has 3 aromatic carbocycles. The van der Waals surface area contributed by atoms with E-state index in [1.807, 2.05) is 102 Å². The van der Waals surface area contributed by atoms with Gasteiger partial charge in [-0.15, -0.1) is 0 Å². The highest BCUT2D eigenvalue weighted by molar-refractivity contribution is 6.02. The topological polar surface area (TPSA) is 78.9 Å². The van der Waals surface area contributed by atoms with Crippen molar-refractivity contribution in [3.63, 3.8) is 0 Å². The van der Waals surface area contributed by atoms with Crippen LogP contribution >= 0.6 is 0 Å². The average molecular weight is 518 g/mol. The molecule has 1 fully saturated rings. The van der Waals surface area contributed by atoms with E-state index in [1.165, 1.54) is 6.08 Å². The van der Waals surface area contributed by atoms with E-state index < -0.39 is 0 Å². The zero-order chi connectivity index (χ0) is 26.6. The Bertz CT molecular complexity index is 1590. The van der Waals surface area contributed by atoms with Crippen LogP contribution in [-0.4, -0.2) is 42.9 Å². The minimum absolute atomic E-state index is 0.0807. The highest BCUT2D eigenvalue weighted by Gasteiger charge is 2.24. The van der Waals surface area contributed by atoms with E-state index in [2.05, 4.69) is 10.2 Å². The number of piperazine rings is 1. The molecule has 0 spiro atoms. The smallest absolute Gasteiger partial charge is 0.289 e. The Labute approximate surface area is 225 Å². The molecule has 2 amide bonds. The second kappa shape index (κ2) is 10.8. The van der Waals surface area contributed by atoms with E-state index in [1.54, 1.807) is 6.08 Å². The number of furan rings is 2. The number of nitrogens with zero attached hydrogens (tertiary/aromatic N) is 2. The third-order valence-corrected chi connectivity index (χ3v) is 6.79. The van der Waals surface area contributed by atoms with Crippen molar-refractivity contribution in [3.8, 4) is 11.3 Å². The molecule has 0 atom stereocenters. The Morgan fingerprint density at radius 1 is 0.769 bits per heavy atom. The third kappa shape index (κ3) is 5.48. The maximum absolute atomic E-state index is 12.9. The highest BCUT2D eigenvalue weighted by Crippen LogP contribution is 2.24. The van der Waals surface area contributed by atoms with E-state index in [0.717, 1.165) is 28.0 Å². The Hall–Kier alpha value is -5.04. The summed E-state index contributed by atoms with van der Waals surface area (Å²) in [5, 5.41) is 3.81. The van der Waals surface area contributed by atoms with Gasteiger partial charge in [0.2, 0.25) is 5.91 Å². The van der Waals surface area contributed by atoms with Crippen LogP contribution in [0.5, 0.6) is 0 Å². The molecule has 0 radical (unpaired) electrons. The zero-order valence-electron chi connectivity index (χ0n) is 21.2. The maximum Gasteiger partial charge on any atom is 0.289 e. The number of para-hydroxylation sites is 1. The number of anilines is 2. The quantitative estimate of drug-likeness (QED) is 0.267. The Kier molecular flexibility index (Phi) is 6.70. The number of benzene rings is 3. The van der Waals surface area contributed by atoms with Gasteiger partial charge in [-0.1, -0.05) is 48.5 Å². The summed E-state index contributed by atoms with van der Waals surface area (Å²) in [6.45, 7) is 2.65. The fourth-order valence-electron chi connectivity index (χ4n) is 4.71. The fraction of sp³-hybridized carbons (Fsp3) is 0.125. The van der Waals surface area contributed by atoms with Gasteiger partial charge in [0.25, 0.3) is 5.91 Å². The van der Waals surface area contributed by atoms with E-state index in [-0.39, 0.29) is 11.8 Å². The zero-order valence-corrected chi connectivity index (χ0v) is 21.2. The number of nitrogens with one attached hydrogen (secondary N) is 1. The molecule has 1 aliphatic heterocycles. The van der Waals surface area contributed by atoms with Crippen LogP contribution < -0.4 is 10.2 Å². The lowest BCUT2D eigenvalue weighted by molar-refractivity contribution is -0.111. The molecule has 1 saturated heterocycles. The lowest BCUT2D eigenvalue weighted by atomic mass is 10.2. The largest absolute Gasteiger partial charge is 0.457 e. The molecule has 2 aromatic heterocycles. The molecule has 3 heterocycles. The molecule has 7 nitrogen and oxygen atoms in total. The highest BCUT2D eigenvalue weighted by atomic mass is 16.3. The van der Waals surface area contributed by atoms with Crippen LogP contribution in [0.15, 0.2) is 112 Å². The van der Waals surface area contributed by atoms with Crippen molar-refractivity contribution in [2.24, 2.45) is 0 Å². The first-order valence-corrected chi connectivity index (χ1v) is 12.9. The Morgan fingerprint density at radius 3 is 2.28 bits per heavy atom. The minimum atomic E-state index is -0.238. The van der Waals surface area contributed by atoms with Gasteiger partial charge in [-0.2, -0.15) is 0 Å². The maximum atomic E-state index is 12.9. The van der Waals surface area contributed by atoms with Crippen LogP contribution in [0.25, 0.3) is 28.4 Å². The van der Waals surface area contributed by atoms with Crippen LogP contribution in [0.4, 0.5) is 11.4 Å². The van der Waals surface area contributed by atoms with Crippen molar-refractivity contribution in [2.75, 3.05) is 36.4 Å². The van der Waals surface area contributed by atoms with Crippen molar-refractivity contribution in [3.05, 3.63) is 115 Å². The standard InChI is InChI=1S/C32H27N3O4/c36-31(17-15-27-14-16-29(38-27)23-6-2-1-3-7-23)33-25-10-12-26(13-11-25)34-18-20-35(21-19-34)32(37)30-22-24-8-4-5-9-28(24)39-30/h1-17,22H,18-21H2,(H,33,36)/b17-15+. The number of fused-ring (bicyclic) bond motifs is 1. The van der Waals surface area contributed by atoms with Crippen molar-refractivity contribution >= 4 is 40.2 Å². The van der Waals surface area contributed by atoms with E-state index >= 15 is 0 Å². The van der Waals surface area contributed by atoms with Gasteiger partial charge < -0.3 is 24.0 Å². The van der Waals surface area contributed by atoms with Crippen molar-refractivity contribution in [2.45, 2.75) is 0 Å². The van der Waals surface area contributed by atoms with Crippen LogP contribution in [0.1, 0.15) is 16.3 Å². The summed E-state index contributed by atoms with van der Waals surface area (Å²) in [7, 11) is 0. The number of hydrogen-bond acceptors (Lipinski definition) is 5. The molecule has 6 rings (SSSR count). The second-order valence-corrected chi connectivity index (χ2v) is 9.37. The van der Waals surface area contributed by atoms with E-state index in [9.17, 15) is 9.59 Å². The minimum Gasteiger partial charge on any atom is -0.457 e. The number of carbonyl (C=O) groups is 2. The lowest BCUT2D eigenvalue weighted by Gasteiger charge is -2.35. The van der Waals surface area contributed by atoms with Gasteiger partial charge in [0, 0.05) is 54.6 Å². The monoisotopic (exact) mass is 517 g/mol. The van der Waals surface area contributed by atoms with Gasteiger partial charge in [-0.3, -0.25) is 9.59 Å². The fourth-order valence-corrected chi connectivity index (χ4v) is 4.71. The van der Waals surface area contributed by atoms with Crippen molar-refractivity contribution < 1.29 is 18.4 Å².